The summed E-state index contributed by atoms with van der Waals surface area (Å²) in [5.41, 5.74) is 5.58. The summed E-state index contributed by atoms with van der Waals surface area (Å²) in [6.07, 6.45) is 3.93. The number of hydrogen-bond donors (Lipinski definition) is 1. The first kappa shape index (κ1) is 15.8. The van der Waals surface area contributed by atoms with Crippen LogP contribution in [0.15, 0.2) is 0 Å². The fourth-order valence-corrected chi connectivity index (χ4v) is 3.67. The van der Waals surface area contributed by atoms with Gasteiger partial charge in [-0.1, -0.05) is 20.3 Å². The molecule has 0 aromatic rings. The van der Waals surface area contributed by atoms with Crippen molar-refractivity contribution in [1.29, 1.82) is 0 Å². The van der Waals surface area contributed by atoms with Gasteiger partial charge in [0.15, 0.2) is 0 Å². The first-order valence-electron chi connectivity index (χ1n) is 7.04. The number of carbonyl (C=O) groups is 1. The highest BCUT2D eigenvalue weighted by molar-refractivity contribution is 7.99. The molecule has 1 rings (SSSR count). The summed E-state index contributed by atoms with van der Waals surface area (Å²) in [4.78, 5) is 12.0. The Morgan fingerprint density at radius 3 is 2.89 bits per heavy atom. The molecule has 3 nitrogen and oxygen atoms in total. The van der Waals surface area contributed by atoms with E-state index in [1.54, 1.807) is 0 Å². The molecule has 2 N–H and O–H groups in total. The van der Waals surface area contributed by atoms with Gasteiger partial charge in [0.1, 0.15) is 5.54 Å². The number of hydrogen-bond acceptors (Lipinski definition) is 4. The van der Waals surface area contributed by atoms with Gasteiger partial charge in [0.05, 0.1) is 6.61 Å². The fourth-order valence-electron chi connectivity index (χ4n) is 2.58. The lowest BCUT2D eigenvalue weighted by atomic mass is 9.86. The van der Waals surface area contributed by atoms with Gasteiger partial charge in [-0.3, -0.25) is 4.79 Å². The van der Waals surface area contributed by atoms with Crippen LogP contribution in [0, 0.1) is 11.8 Å². The molecule has 1 aliphatic carbocycles. The number of nitrogens with two attached hydrogens (primary N) is 1. The van der Waals surface area contributed by atoms with Crippen LogP contribution < -0.4 is 5.73 Å². The van der Waals surface area contributed by atoms with E-state index >= 15 is 0 Å². The molecule has 0 aliphatic heterocycles. The second-order valence-electron chi connectivity index (χ2n) is 5.61. The Labute approximate surface area is 115 Å². The van der Waals surface area contributed by atoms with E-state index in [1.807, 2.05) is 18.7 Å². The number of rotatable bonds is 7. The molecule has 2 atom stereocenters. The van der Waals surface area contributed by atoms with Crippen LogP contribution in [0.1, 0.15) is 46.5 Å². The van der Waals surface area contributed by atoms with Gasteiger partial charge in [0.2, 0.25) is 0 Å². The van der Waals surface area contributed by atoms with E-state index < -0.39 is 5.54 Å². The Kier molecular flexibility index (Phi) is 6.50. The summed E-state index contributed by atoms with van der Waals surface area (Å²) >= 11 is 1.97. The Balaban J connectivity index is 2.41. The molecule has 0 saturated heterocycles. The average molecular weight is 273 g/mol. The maximum Gasteiger partial charge on any atom is 0.326 e. The Morgan fingerprint density at radius 1 is 1.56 bits per heavy atom. The standard InChI is InChI=1S/C14H27NO2S/c1-4-17-13(16)14(15)8-5-6-12(14)7-9-18-10-11(2)3/h11-12H,4-10,15H2,1-3H3. The molecule has 0 amide bonds. The summed E-state index contributed by atoms with van der Waals surface area (Å²) in [7, 11) is 0. The third kappa shape index (κ3) is 4.16. The zero-order valence-electron chi connectivity index (χ0n) is 11.9. The van der Waals surface area contributed by atoms with Crippen LogP contribution in [-0.4, -0.2) is 29.6 Å². The van der Waals surface area contributed by atoms with Crippen LogP contribution in [-0.2, 0) is 9.53 Å². The van der Waals surface area contributed by atoms with E-state index in [0.29, 0.717) is 12.5 Å². The van der Waals surface area contributed by atoms with Crippen LogP contribution >= 0.6 is 11.8 Å². The first-order chi connectivity index (χ1) is 8.50. The third-order valence-electron chi connectivity index (χ3n) is 3.59. The van der Waals surface area contributed by atoms with E-state index in [1.165, 1.54) is 5.75 Å². The van der Waals surface area contributed by atoms with Crippen molar-refractivity contribution in [1.82, 2.24) is 0 Å². The molecule has 1 fully saturated rings. The molecule has 4 heteroatoms. The van der Waals surface area contributed by atoms with Crippen molar-refractivity contribution in [3.63, 3.8) is 0 Å². The van der Waals surface area contributed by atoms with Crippen LogP contribution in [0.25, 0.3) is 0 Å². The summed E-state index contributed by atoms with van der Waals surface area (Å²) in [5.74, 6) is 3.12. The minimum absolute atomic E-state index is 0.193. The number of thioether (sulfide) groups is 1. The summed E-state index contributed by atoms with van der Waals surface area (Å²) in [6, 6.07) is 0. The van der Waals surface area contributed by atoms with E-state index in [-0.39, 0.29) is 5.97 Å². The third-order valence-corrected chi connectivity index (χ3v) is 5.02. The maximum absolute atomic E-state index is 12.0. The van der Waals surface area contributed by atoms with Gasteiger partial charge in [-0.05, 0) is 49.5 Å². The summed E-state index contributed by atoms with van der Waals surface area (Å²) in [6.45, 7) is 6.72. The Morgan fingerprint density at radius 2 is 2.28 bits per heavy atom. The zero-order valence-corrected chi connectivity index (χ0v) is 12.7. The van der Waals surface area contributed by atoms with Crippen LogP contribution in [0.2, 0.25) is 0 Å². The van der Waals surface area contributed by atoms with Crippen molar-refractivity contribution < 1.29 is 9.53 Å². The fraction of sp³-hybridized carbons (Fsp3) is 0.929. The van der Waals surface area contributed by atoms with E-state index in [4.69, 9.17) is 10.5 Å². The highest BCUT2D eigenvalue weighted by Gasteiger charge is 2.46. The molecule has 1 aliphatic rings. The van der Waals surface area contributed by atoms with Gasteiger partial charge in [0.25, 0.3) is 0 Å². The highest BCUT2D eigenvalue weighted by atomic mass is 32.2. The molecule has 18 heavy (non-hydrogen) atoms. The minimum atomic E-state index is -0.714. The lowest BCUT2D eigenvalue weighted by molar-refractivity contribution is -0.151. The predicted molar refractivity (Wildman–Crippen MR) is 77.7 cm³/mol. The van der Waals surface area contributed by atoms with Crippen LogP contribution in [0.5, 0.6) is 0 Å². The van der Waals surface area contributed by atoms with E-state index in [2.05, 4.69) is 13.8 Å². The van der Waals surface area contributed by atoms with Crippen molar-refractivity contribution in [2.75, 3.05) is 18.1 Å². The lowest BCUT2D eigenvalue weighted by Crippen LogP contribution is -2.52. The number of ether oxygens (including phenoxy) is 1. The van der Waals surface area contributed by atoms with Gasteiger partial charge in [-0.25, -0.2) is 0 Å². The second kappa shape index (κ2) is 7.39. The molecule has 0 radical (unpaired) electrons. The first-order valence-corrected chi connectivity index (χ1v) is 8.20. The Hall–Kier alpha value is -0.220. The van der Waals surface area contributed by atoms with E-state index in [9.17, 15) is 4.79 Å². The monoisotopic (exact) mass is 273 g/mol. The predicted octanol–water partition coefficient (Wildman–Crippen LogP) is 2.83. The average Bonchev–Trinajstić information content (AvgIpc) is 2.68. The normalized spacial score (nSPS) is 27.7. The smallest absolute Gasteiger partial charge is 0.326 e. The van der Waals surface area contributed by atoms with Gasteiger partial charge >= 0.3 is 5.97 Å². The highest BCUT2D eigenvalue weighted by Crippen LogP contribution is 2.37. The van der Waals surface area contributed by atoms with Crippen molar-refractivity contribution in [2.24, 2.45) is 17.6 Å². The molecular weight excluding hydrogens is 246 g/mol. The number of esters is 1. The summed E-state index contributed by atoms with van der Waals surface area (Å²) < 4.78 is 5.13. The number of carbonyl (C=O) groups excluding carboxylic acids is 1. The summed E-state index contributed by atoms with van der Waals surface area (Å²) in [5, 5.41) is 0. The van der Waals surface area contributed by atoms with Gasteiger partial charge in [-0.2, -0.15) is 11.8 Å². The molecule has 0 spiro atoms. The largest absolute Gasteiger partial charge is 0.465 e. The molecular formula is C14H27NO2S. The zero-order chi connectivity index (χ0) is 13.6. The van der Waals surface area contributed by atoms with Crippen LogP contribution in [0.4, 0.5) is 0 Å². The van der Waals surface area contributed by atoms with Gasteiger partial charge < -0.3 is 10.5 Å². The van der Waals surface area contributed by atoms with Crippen molar-refractivity contribution in [3.05, 3.63) is 0 Å². The Bertz CT molecular complexity index is 271. The maximum atomic E-state index is 12.0. The molecule has 1 saturated carbocycles. The van der Waals surface area contributed by atoms with Crippen molar-refractivity contribution >= 4 is 17.7 Å². The van der Waals surface area contributed by atoms with Gasteiger partial charge in [0, 0.05) is 0 Å². The molecule has 106 valence electrons. The molecule has 0 heterocycles. The van der Waals surface area contributed by atoms with Crippen molar-refractivity contribution in [2.45, 2.75) is 52.0 Å². The molecule has 2 unspecified atom stereocenters. The molecule has 0 aromatic heterocycles. The van der Waals surface area contributed by atoms with Crippen LogP contribution in [0.3, 0.4) is 0 Å². The molecule has 0 aromatic carbocycles. The molecule has 0 bridgehead atoms. The minimum Gasteiger partial charge on any atom is -0.465 e. The second-order valence-corrected chi connectivity index (χ2v) is 6.76. The quantitative estimate of drug-likeness (QED) is 0.572. The van der Waals surface area contributed by atoms with E-state index in [0.717, 1.165) is 37.4 Å². The van der Waals surface area contributed by atoms with Gasteiger partial charge in [-0.15, -0.1) is 0 Å². The topological polar surface area (TPSA) is 52.3 Å². The van der Waals surface area contributed by atoms with Crippen molar-refractivity contribution in [3.8, 4) is 0 Å². The lowest BCUT2D eigenvalue weighted by Gasteiger charge is -2.29. The SMILES string of the molecule is CCOC(=O)C1(N)CCCC1CCSCC(C)C.